The molecule has 3 atom stereocenters. The molecule has 2 heterocycles. The molecule has 0 radical (unpaired) electrons. The molecular formula is C30H41N3O6S. The molecule has 1 unspecified atom stereocenters. The van der Waals surface area contributed by atoms with Crippen LogP contribution in [0, 0.1) is 6.92 Å². The van der Waals surface area contributed by atoms with Gasteiger partial charge in [-0.1, -0.05) is 23.8 Å². The Kier molecular flexibility index (Phi) is 10.0. The van der Waals surface area contributed by atoms with E-state index in [0.29, 0.717) is 38.2 Å². The van der Waals surface area contributed by atoms with Crippen molar-refractivity contribution in [2.24, 2.45) is 4.99 Å². The molecule has 9 nitrogen and oxygen atoms in total. The SMILES string of the molecule is COCCCN1CCOc2ccc(C(O[C@@H]3CC[C@@H](CC(C)(C)N=C=O)NC3)S(=O)(=O)c3ccc(C)cc3)cc21. The van der Waals surface area contributed by atoms with Crippen molar-refractivity contribution in [3.05, 3.63) is 53.6 Å². The molecule has 0 aliphatic carbocycles. The first kappa shape index (κ1) is 30.2. The Labute approximate surface area is 237 Å². The number of hydrogen-bond acceptors (Lipinski definition) is 9. The molecule has 0 saturated carbocycles. The van der Waals surface area contributed by atoms with Crippen LogP contribution < -0.4 is 15.0 Å². The average molecular weight is 572 g/mol. The lowest BCUT2D eigenvalue weighted by molar-refractivity contribution is 0.00677. The molecule has 1 N–H and O–H groups in total. The predicted molar refractivity (Wildman–Crippen MR) is 154 cm³/mol. The fourth-order valence-corrected chi connectivity index (χ4v) is 6.95. The number of carbonyl (C=O) groups excluding carboxylic acids is 1. The van der Waals surface area contributed by atoms with Gasteiger partial charge in [-0.2, -0.15) is 4.99 Å². The summed E-state index contributed by atoms with van der Waals surface area (Å²) in [5.41, 5.74) is 0.740. The summed E-state index contributed by atoms with van der Waals surface area (Å²) in [6.07, 6.45) is 4.37. The Morgan fingerprint density at radius 1 is 1.20 bits per heavy atom. The van der Waals surface area contributed by atoms with E-state index >= 15 is 0 Å². The maximum absolute atomic E-state index is 14.0. The number of aryl methyl sites for hydroxylation is 1. The number of methoxy groups -OCH3 is 1. The molecule has 0 bridgehead atoms. The van der Waals surface area contributed by atoms with Gasteiger partial charge in [0.05, 0.1) is 28.8 Å². The van der Waals surface area contributed by atoms with Crippen molar-refractivity contribution in [3.8, 4) is 5.75 Å². The number of benzene rings is 2. The van der Waals surface area contributed by atoms with E-state index in [2.05, 4.69) is 15.2 Å². The second-order valence-electron chi connectivity index (χ2n) is 11.3. The molecule has 4 rings (SSSR count). The van der Waals surface area contributed by atoms with Crippen molar-refractivity contribution < 1.29 is 27.4 Å². The maximum Gasteiger partial charge on any atom is 0.235 e. The van der Waals surface area contributed by atoms with Gasteiger partial charge in [-0.05, 0) is 76.3 Å². The zero-order valence-corrected chi connectivity index (χ0v) is 24.7. The standard InChI is InChI=1S/C30H41N3O6S/c1-22-6-11-26(12-7-22)40(35,36)29(39-25-10-9-24(31-20-25)19-30(2,3)32-21-34)23-8-13-28-27(18-23)33(15-17-38-28)14-5-16-37-4/h6-8,11-13,18,24-25,29,31H,5,9-10,14-17,19-20H2,1-4H3/t24-,25+,29?/m0/s1. The van der Waals surface area contributed by atoms with Crippen LogP contribution in [-0.2, 0) is 24.1 Å². The van der Waals surface area contributed by atoms with E-state index in [0.717, 1.165) is 42.9 Å². The van der Waals surface area contributed by atoms with Crippen LogP contribution in [0.15, 0.2) is 52.4 Å². The minimum Gasteiger partial charge on any atom is -0.490 e. The third-order valence-electron chi connectivity index (χ3n) is 7.50. The fourth-order valence-electron chi connectivity index (χ4n) is 5.38. The van der Waals surface area contributed by atoms with Gasteiger partial charge in [0.15, 0.2) is 5.44 Å². The highest BCUT2D eigenvalue weighted by molar-refractivity contribution is 7.91. The van der Waals surface area contributed by atoms with Crippen LogP contribution in [0.2, 0.25) is 0 Å². The third kappa shape index (κ3) is 7.50. The monoisotopic (exact) mass is 571 g/mol. The summed E-state index contributed by atoms with van der Waals surface area (Å²) < 4.78 is 45.7. The van der Waals surface area contributed by atoms with Gasteiger partial charge < -0.3 is 24.4 Å². The van der Waals surface area contributed by atoms with E-state index in [1.54, 1.807) is 43.5 Å². The topological polar surface area (TPSA) is 107 Å². The number of aliphatic imine (C=N–C) groups is 1. The van der Waals surface area contributed by atoms with Gasteiger partial charge >= 0.3 is 0 Å². The van der Waals surface area contributed by atoms with Crippen molar-refractivity contribution in [3.63, 3.8) is 0 Å². The summed E-state index contributed by atoms with van der Waals surface area (Å²) in [6, 6.07) is 12.6. The van der Waals surface area contributed by atoms with Crippen LogP contribution in [0.25, 0.3) is 0 Å². The number of anilines is 1. The summed E-state index contributed by atoms with van der Waals surface area (Å²) >= 11 is 0. The van der Waals surface area contributed by atoms with Crippen LogP contribution in [0.4, 0.5) is 5.69 Å². The number of nitrogens with one attached hydrogen (secondary N) is 1. The van der Waals surface area contributed by atoms with Gasteiger partial charge in [0.1, 0.15) is 12.4 Å². The second kappa shape index (κ2) is 13.3. The molecule has 0 amide bonds. The number of ether oxygens (including phenoxy) is 3. The Bertz CT molecular complexity index is 1280. The second-order valence-corrected chi connectivity index (χ2v) is 13.2. The molecule has 2 aliphatic rings. The van der Waals surface area contributed by atoms with E-state index in [1.165, 1.54) is 0 Å². The zero-order valence-electron chi connectivity index (χ0n) is 23.9. The van der Waals surface area contributed by atoms with Crippen LogP contribution >= 0.6 is 0 Å². The number of hydrogen-bond donors (Lipinski definition) is 1. The number of rotatable bonds is 12. The van der Waals surface area contributed by atoms with E-state index in [1.807, 2.05) is 32.9 Å². The van der Waals surface area contributed by atoms with Gasteiger partial charge in [-0.15, -0.1) is 0 Å². The molecule has 1 fully saturated rings. The minimum absolute atomic E-state index is 0.153. The molecule has 0 spiro atoms. The Morgan fingerprint density at radius 3 is 2.65 bits per heavy atom. The van der Waals surface area contributed by atoms with Gasteiger partial charge in [0.2, 0.25) is 15.9 Å². The highest BCUT2D eigenvalue weighted by Crippen LogP contribution is 2.39. The van der Waals surface area contributed by atoms with Crippen LogP contribution in [0.1, 0.15) is 56.1 Å². The molecule has 0 aromatic heterocycles. The average Bonchev–Trinajstić information content (AvgIpc) is 2.92. The lowest BCUT2D eigenvalue weighted by Gasteiger charge is -2.35. The Morgan fingerprint density at radius 2 is 1.98 bits per heavy atom. The zero-order chi connectivity index (χ0) is 28.8. The van der Waals surface area contributed by atoms with Crippen molar-refractivity contribution in [2.75, 3.05) is 44.9 Å². The van der Waals surface area contributed by atoms with Crippen molar-refractivity contribution in [2.45, 2.75) is 74.5 Å². The van der Waals surface area contributed by atoms with Crippen LogP contribution in [0.5, 0.6) is 5.75 Å². The number of piperidine rings is 1. The molecule has 218 valence electrons. The molecule has 10 heteroatoms. The normalized spacial score (nSPS) is 20.2. The lowest BCUT2D eigenvalue weighted by atomic mass is 9.90. The fraction of sp³-hybridized carbons (Fsp3) is 0.567. The van der Waals surface area contributed by atoms with Gasteiger partial charge in [-0.25, -0.2) is 13.2 Å². The largest absolute Gasteiger partial charge is 0.490 e. The third-order valence-corrected chi connectivity index (χ3v) is 9.38. The Hall–Kier alpha value is -2.75. The quantitative estimate of drug-likeness (QED) is 0.228. The van der Waals surface area contributed by atoms with Crippen LogP contribution in [0.3, 0.4) is 0 Å². The Balaban J connectivity index is 1.60. The van der Waals surface area contributed by atoms with Gasteiger partial charge in [0, 0.05) is 32.8 Å². The van der Waals surface area contributed by atoms with Crippen LogP contribution in [-0.4, -0.2) is 72.1 Å². The number of sulfone groups is 1. The molecule has 40 heavy (non-hydrogen) atoms. The summed E-state index contributed by atoms with van der Waals surface area (Å²) in [5.74, 6) is 0.738. The summed E-state index contributed by atoms with van der Waals surface area (Å²) in [6.45, 7) is 8.96. The predicted octanol–water partition coefficient (Wildman–Crippen LogP) is 4.34. The van der Waals surface area contributed by atoms with Gasteiger partial charge in [-0.3, -0.25) is 0 Å². The molecule has 2 aromatic carbocycles. The number of fused-ring (bicyclic) bond motifs is 1. The highest BCUT2D eigenvalue weighted by Gasteiger charge is 2.36. The van der Waals surface area contributed by atoms with Crippen molar-refractivity contribution in [1.82, 2.24) is 5.32 Å². The molecule has 2 aliphatic heterocycles. The lowest BCUT2D eigenvalue weighted by Crippen LogP contribution is -2.46. The first-order chi connectivity index (χ1) is 19.1. The van der Waals surface area contributed by atoms with E-state index < -0.39 is 20.8 Å². The van der Waals surface area contributed by atoms with Gasteiger partial charge in [0.25, 0.3) is 0 Å². The van der Waals surface area contributed by atoms with Crippen molar-refractivity contribution in [1.29, 1.82) is 0 Å². The smallest absolute Gasteiger partial charge is 0.235 e. The molecular weight excluding hydrogens is 530 g/mol. The first-order valence-corrected chi connectivity index (χ1v) is 15.5. The summed E-state index contributed by atoms with van der Waals surface area (Å²) in [7, 11) is -2.19. The number of nitrogens with zero attached hydrogens (tertiary/aromatic N) is 2. The summed E-state index contributed by atoms with van der Waals surface area (Å²) in [4.78, 5) is 17.1. The van der Waals surface area contributed by atoms with E-state index in [4.69, 9.17) is 14.2 Å². The van der Waals surface area contributed by atoms with Crippen molar-refractivity contribution >= 4 is 21.6 Å². The highest BCUT2D eigenvalue weighted by atomic mass is 32.2. The van der Waals surface area contributed by atoms with E-state index in [9.17, 15) is 13.2 Å². The van der Waals surface area contributed by atoms with E-state index in [-0.39, 0.29) is 17.0 Å². The first-order valence-electron chi connectivity index (χ1n) is 13.9. The maximum atomic E-state index is 14.0. The number of isocyanates is 1. The molecule has 2 aromatic rings. The molecule has 1 saturated heterocycles. The minimum atomic E-state index is -3.87. The summed E-state index contributed by atoms with van der Waals surface area (Å²) in [5, 5.41) is 3.48.